The summed E-state index contributed by atoms with van der Waals surface area (Å²) in [7, 11) is 3.15. The molecule has 1 aromatic carbocycles. The smallest absolute Gasteiger partial charge is 0.257 e. The molecule has 0 bridgehead atoms. The molecule has 0 radical (unpaired) electrons. The van der Waals surface area contributed by atoms with Crippen molar-refractivity contribution in [3.05, 3.63) is 23.3 Å². The largest absolute Gasteiger partial charge is 0.496 e. The molecule has 1 saturated heterocycles. The molecule has 0 unspecified atom stereocenters. The summed E-state index contributed by atoms with van der Waals surface area (Å²) in [5, 5.41) is 0. The van der Waals surface area contributed by atoms with Crippen molar-refractivity contribution in [3.8, 4) is 11.5 Å². The van der Waals surface area contributed by atoms with Crippen molar-refractivity contribution in [2.45, 2.75) is 20.3 Å². The van der Waals surface area contributed by atoms with Gasteiger partial charge in [0.05, 0.1) is 19.8 Å². The second-order valence-corrected chi connectivity index (χ2v) is 5.63. The molecule has 23 heavy (non-hydrogen) atoms. The van der Waals surface area contributed by atoms with Gasteiger partial charge in [0.15, 0.2) is 0 Å². The molecule has 1 aliphatic rings. The SMILES string of the molecule is COc1ccc(C(=O)N2CCCN(C(C)=O)CC2)c(OC)c1C. The van der Waals surface area contributed by atoms with E-state index in [2.05, 4.69) is 0 Å². The van der Waals surface area contributed by atoms with E-state index in [4.69, 9.17) is 9.47 Å². The third kappa shape index (κ3) is 3.57. The van der Waals surface area contributed by atoms with E-state index in [1.807, 2.05) is 6.92 Å². The highest BCUT2D eigenvalue weighted by Crippen LogP contribution is 2.32. The summed E-state index contributed by atoms with van der Waals surface area (Å²) in [6.07, 6.45) is 0.781. The van der Waals surface area contributed by atoms with Gasteiger partial charge in [-0.25, -0.2) is 0 Å². The van der Waals surface area contributed by atoms with Crippen molar-refractivity contribution < 1.29 is 19.1 Å². The van der Waals surface area contributed by atoms with E-state index in [0.29, 0.717) is 43.2 Å². The molecule has 0 saturated carbocycles. The molecule has 1 heterocycles. The first-order valence-corrected chi connectivity index (χ1v) is 7.76. The van der Waals surface area contributed by atoms with Crippen LogP contribution in [0.1, 0.15) is 29.3 Å². The minimum Gasteiger partial charge on any atom is -0.496 e. The van der Waals surface area contributed by atoms with Gasteiger partial charge in [-0.3, -0.25) is 9.59 Å². The van der Waals surface area contributed by atoms with Crippen LogP contribution in [0.3, 0.4) is 0 Å². The number of hydrogen-bond donors (Lipinski definition) is 0. The Labute approximate surface area is 137 Å². The Morgan fingerprint density at radius 3 is 2.26 bits per heavy atom. The lowest BCUT2D eigenvalue weighted by Gasteiger charge is -2.23. The minimum atomic E-state index is -0.0713. The monoisotopic (exact) mass is 320 g/mol. The molecule has 1 aliphatic heterocycles. The zero-order valence-corrected chi connectivity index (χ0v) is 14.2. The number of carbonyl (C=O) groups excluding carboxylic acids is 2. The van der Waals surface area contributed by atoms with Crippen LogP contribution in [0.4, 0.5) is 0 Å². The summed E-state index contributed by atoms with van der Waals surface area (Å²) in [5.74, 6) is 1.22. The second-order valence-electron chi connectivity index (χ2n) is 5.63. The molecular formula is C17H24N2O4. The van der Waals surface area contributed by atoms with Gasteiger partial charge in [0, 0.05) is 38.7 Å². The predicted molar refractivity (Wildman–Crippen MR) is 87.1 cm³/mol. The molecule has 1 fully saturated rings. The van der Waals surface area contributed by atoms with Crippen LogP contribution in [0.15, 0.2) is 12.1 Å². The highest BCUT2D eigenvalue weighted by molar-refractivity contribution is 5.97. The summed E-state index contributed by atoms with van der Waals surface area (Å²) in [6, 6.07) is 3.52. The maximum Gasteiger partial charge on any atom is 0.257 e. The van der Waals surface area contributed by atoms with E-state index in [1.54, 1.807) is 43.1 Å². The fraction of sp³-hybridized carbons (Fsp3) is 0.529. The van der Waals surface area contributed by atoms with Crippen molar-refractivity contribution in [2.24, 2.45) is 0 Å². The molecule has 0 atom stereocenters. The minimum absolute atomic E-state index is 0.0529. The summed E-state index contributed by atoms with van der Waals surface area (Å²) in [4.78, 5) is 27.9. The normalized spacial score (nSPS) is 15.1. The molecule has 1 aromatic rings. The lowest BCUT2D eigenvalue weighted by Crippen LogP contribution is -2.36. The summed E-state index contributed by atoms with van der Waals surface area (Å²) in [5.41, 5.74) is 1.34. The second kappa shape index (κ2) is 7.35. The van der Waals surface area contributed by atoms with Crippen molar-refractivity contribution in [2.75, 3.05) is 40.4 Å². The molecule has 6 nitrogen and oxygen atoms in total. The van der Waals surface area contributed by atoms with Crippen molar-refractivity contribution in [1.82, 2.24) is 9.80 Å². The number of carbonyl (C=O) groups is 2. The van der Waals surface area contributed by atoms with Gasteiger partial charge in [-0.2, -0.15) is 0 Å². The van der Waals surface area contributed by atoms with Gasteiger partial charge in [-0.05, 0) is 25.5 Å². The van der Waals surface area contributed by atoms with Gasteiger partial charge in [0.1, 0.15) is 11.5 Å². The summed E-state index contributed by atoms with van der Waals surface area (Å²) in [6.45, 7) is 5.86. The Kier molecular flexibility index (Phi) is 5.47. The lowest BCUT2D eigenvalue weighted by atomic mass is 10.1. The first-order chi connectivity index (χ1) is 11.0. The van der Waals surface area contributed by atoms with E-state index in [9.17, 15) is 9.59 Å². The molecular weight excluding hydrogens is 296 g/mol. The highest BCUT2D eigenvalue weighted by Gasteiger charge is 2.25. The van der Waals surface area contributed by atoms with Gasteiger partial charge in [-0.15, -0.1) is 0 Å². The number of rotatable bonds is 3. The number of methoxy groups -OCH3 is 2. The van der Waals surface area contributed by atoms with Crippen LogP contribution in [0, 0.1) is 6.92 Å². The van der Waals surface area contributed by atoms with Gasteiger partial charge in [0.2, 0.25) is 5.91 Å². The molecule has 0 aliphatic carbocycles. The van der Waals surface area contributed by atoms with E-state index < -0.39 is 0 Å². The Bertz CT molecular complexity index is 601. The molecule has 2 amide bonds. The first-order valence-electron chi connectivity index (χ1n) is 7.76. The van der Waals surface area contributed by atoms with Gasteiger partial charge < -0.3 is 19.3 Å². The molecule has 0 aromatic heterocycles. The number of benzene rings is 1. The van der Waals surface area contributed by atoms with Gasteiger partial charge in [0.25, 0.3) is 5.91 Å². The van der Waals surface area contributed by atoms with Crippen LogP contribution in [-0.4, -0.2) is 62.0 Å². The van der Waals surface area contributed by atoms with Gasteiger partial charge >= 0.3 is 0 Å². The zero-order valence-electron chi connectivity index (χ0n) is 14.2. The summed E-state index contributed by atoms with van der Waals surface area (Å²) < 4.78 is 10.7. The zero-order chi connectivity index (χ0) is 17.0. The topological polar surface area (TPSA) is 59.1 Å². The first kappa shape index (κ1) is 17.1. The Hall–Kier alpha value is -2.24. The number of hydrogen-bond acceptors (Lipinski definition) is 4. The fourth-order valence-electron chi connectivity index (χ4n) is 2.93. The van der Waals surface area contributed by atoms with Crippen molar-refractivity contribution in [1.29, 1.82) is 0 Å². The Balaban J connectivity index is 2.23. The average Bonchev–Trinajstić information content (AvgIpc) is 2.80. The quantitative estimate of drug-likeness (QED) is 0.851. The maximum atomic E-state index is 12.9. The third-order valence-electron chi connectivity index (χ3n) is 4.24. The third-order valence-corrected chi connectivity index (χ3v) is 4.24. The maximum absolute atomic E-state index is 12.9. The number of ether oxygens (including phenoxy) is 2. The number of amides is 2. The van der Waals surface area contributed by atoms with Crippen molar-refractivity contribution in [3.63, 3.8) is 0 Å². The molecule has 2 rings (SSSR count). The van der Waals surface area contributed by atoms with E-state index in [1.165, 1.54) is 0 Å². The van der Waals surface area contributed by atoms with E-state index in [-0.39, 0.29) is 11.8 Å². The predicted octanol–water partition coefficient (Wildman–Crippen LogP) is 1.71. The average molecular weight is 320 g/mol. The standard InChI is InChI=1S/C17H24N2O4/c1-12-15(22-3)7-6-14(16(12)23-4)17(21)19-9-5-8-18(10-11-19)13(2)20/h6-7H,5,8-11H2,1-4H3. The van der Waals surface area contributed by atoms with Crippen LogP contribution in [0.25, 0.3) is 0 Å². The van der Waals surface area contributed by atoms with Crippen LogP contribution in [0.2, 0.25) is 0 Å². The molecule has 6 heteroatoms. The van der Waals surface area contributed by atoms with E-state index >= 15 is 0 Å². The van der Waals surface area contributed by atoms with E-state index in [0.717, 1.165) is 12.0 Å². The number of nitrogens with zero attached hydrogens (tertiary/aromatic N) is 2. The summed E-state index contributed by atoms with van der Waals surface area (Å²) >= 11 is 0. The van der Waals surface area contributed by atoms with Crippen molar-refractivity contribution >= 4 is 11.8 Å². The fourth-order valence-corrected chi connectivity index (χ4v) is 2.93. The Morgan fingerprint density at radius 2 is 1.65 bits per heavy atom. The van der Waals surface area contributed by atoms with Gasteiger partial charge in [-0.1, -0.05) is 0 Å². The van der Waals surface area contributed by atoms with Crippen LogP contribution in [0.5, 0.6) is 11.5 Å². The lowest BCUT2D eigenvalue weighted by molar-refractivity contribution is -0.128. The highest BCUT2D eigenvalue weighted by atomic mass is 16.5. The van der Waals surface area contributed by atoms with Crippen LogP contribution < -0.4 is 9.47 Å². The van der Waals surface area contributed by atoms with Crippen LogP contribution in [-0.2, 0) is 4.79 Å². The molecule has 0 spiro atoms. The molecule has 126 valence electrons. The Morgan fingerprint density at radius 1 is 1.00 bits per heavy atom. The van der Waals surface area contributed by atoms with Crippen LogP contribution >= 0.6 is 0 Å². The molecule has 0 N–H and O–H groups in total.